The minimum atomic E-state index is 0.304. The normalized spacial score (nSPS) is 18.6. The van der Waals surface area contributed by atoms with E-state index in [1.54, 1.807) is 11.3 Å². The van der Waals surface area contributed by atoms with Gasteiger partial charge in [-0.05, 0) is 36.0 Å². The van der Waals surface area contributed by atoms with E-state index >= 15 is 0 Å². The second-order valence-corrected chi connectivity index (χ2v) is 7.10. The summed E-state index contributed by atoms with van der Waals surface area (Å²) in [7, 11) is 0. The summed E-state index contributed by atoms with van der Waals surface area (Å²) in [5.41, 5.74) is 1.17. The zero-order chi connectivity index (χ0) is 15.6. The molecule has 0 bridgehead atoms. The molecule has 23 heavy (non-hydrogen) atoms. The van der Waals surface area contributed by atoms with Crippen molar-refractivity contribution in [2.24, 2.45) is 0 Å². The van der Waals surface area contributed by atoms with Crippen LogP contribution in [0.1, 0.15) is 23.8 Å². The number of hydrogen-bond acceptors (Lipinski definition) is 5. The SMILES string of the molecule is Clc1ccccc1CN1CC[C@H](c2nc(-c3cccs3)no2)C1. The van der Waals surface area contributed by atoms with E-state index in [1.807, 2.05) is 35.7 Å². The largest absolute Gasteiger partial charge is 0.339 e. The summed E-state index contributed by atoms with van der Waals surface area (Å²) >= 11 is 7.88. The van der Waals surface area contributed by atoms with E-state index in [2.05, 4.69) is 21.1 Å². The van der Waals surface area contributed by atoms with Crippen molar-refractivity contribution in [1.82, 2.24) is 15.0 Å². The van der Waals surface area contributed by atoms with Crippen LogP contribution in [0.3, 0.4) is 0 Å². The lowest BCUT2D eigenvalue weighted by Crippen LogP contribution is -2.20. The maximum absolute atomic E-state index is 6.25. The van der Waals surface area contributed by atoms with Gasteiger partial charge >= 0.3 is 0 Å². The Kier molecular flexibility index (Phi) is 4.16. The van der Waals surface area contributed by atoms with Crippen molar-refractivity contribution in [2.45, 2.75) is 18.9 Å². The number of halogens is 1. The number of aromatic nitrogens is 2. The van der Waals surface area contributed by atoms with Gasteiger partial charge in [0.25, 0.3) is 0 Å². The first-order valence-electron chi connectivity index (χ1n) is 7.63. The van der Waals surface area contributed by atoms with E-state index in [4.69, 9.17) is 16.1 Å². The minimum absolute atomic E-state index is 0.304. The molecule has 0 unspecified atom stereocenters. The van der Waals surface area contributed by atoms with E-state index in [1.165, 1.54) is 5.56 Å². The third-order valence-electron chi connectivity index (χ3n) is 4.16. The van der Waals surface area contributed by atoms with Crippen LogP contribution in [0, 0.1) is 0 Å². The minimum Gasteiger partial charge on any atom is -0.339 e. The maximum Gasteiger partial charge on any atom is 0.231 e. The highest BCUT2D eigenvalue weighted by atomic mass is 35.5. The first-order chi connectivity index (χ1) is 11.3. The molecule has 6 heteroatoms. The van der Waals surface area contributed by atoms with Gasteiger partial charge in [-0.15, -0.1) is 11.3 Å². The molecular formula is C17H16ClN3OS. The van der Waals surface area contributed by atoms with Crippen LogP contribution in [0.15, 0.2) is 46.3 Å². The van der Waals surface area contributed by atoms with Crippen molar-refractivity contribution in [1.29, 1.82) is 0 Å². The summed E-state index contributed by atoms with van der Waals surface area (Å²) in [4.78, 5) is 8.01. The summed E-state index contributed by atoms with van der Waals surface area (Å²) in [6, 6.07) is 12.0. The van der Waals surface area contributed by atoms with Crippen molar-refractivity contribution >= 4 is 22.9 Å². The molecule has 4 rings (SSSR count). The van der Waals surface area contributed by atoms with E-state index in [9.17, 15) is 0 Å². The lowest BCUT2D eigenvalue weighted by Gasteiger charge is -2.16. The second kappa shape index (κ2) is 6.43. The summed E-state index contributed by atoms with van der Waals surface area (Å²) in [5.74, 6) is 1.74. The first kappa shape index (κ1) is 14.9. The van der Waals surface area contributed by atoms with Gasteiger partial charge in [0, 0.05) is 18.1 Å². The molecule has 1 aromatic carbocycles. The Morgan fingerprint density at radius 2 is 2.17 bits per heavy atom. The molecule has 0 amide bonds. The Labute approximate surface area is 143 Å². The van der Waals surface area contributed by atoms with Gasteiger partial charge in [0.1, 0.15) is 0 Å². The van der Waals surface area contributed by atoms with Crippen molar-refractivity contribution in [3.05, 3.63) is 58.3 Å². The first-order valence-corrected chi connectivity index (χ1v) is 8.88. The fraction of sp³-hybridized carbons (Fsp3) is 0.294. The Morgan fingerprint density at radius 3 is 3.00 bits per heavy atom. The molecule has 1 aliphatic rings. The van der Waals surface area contributed by atoms with Crippen LogP contribution in [0.25, 0.3) is 10.7 Å². The highest BCUT2D eigenvalue weighted by molar-refractivity contribution is 7.13. The monoisotopic (exact) mass is 345 g/mol. The molecule has 0 radical (unpaired) electrons. The fourth-order valence-electron chi connectivity index (χ4n) is 2.95. The average molecular weight is 346 g/mol. The van der Waals surface area contributed by atoms with Crippen LogP contribution in [-0.4, -0.2) is 28.1 Å². The lowest BCUT2D eigenvalue weighted by molar-refractivity contribution is 0.309. The Balaban J connectivity index is 1.43. The van der Waals surface area contributed by atoms with Crippen LogP contribution >= 0.6 is 22.9 Å². The molecule has 1 saturated heterocycles. The number of likely N-dealkylation sites (tertiary alicyclic amines) is 1. The van der Waals surface area contributed by atoms with Gasteiger partial charge < -0.3 is 4.52 Å². The number of hydrogen-bond donors (Lipinski definition) is 0. The van der Waals surface area contributed by atoms with E-state index < -0.39 is 0 Å². The molecule has 0 N–H and O–H groups in total. The fourth-order valence-corrected chi connectivity index (χ4v) is 3.80. The van der Waals surface area contributed by atoms with E-state index in [0.717, 1.165) is 41.8 Å². The van der Waals surface area contributed by atoms with Crippen molar-refractivity contribution in [3.63, 3.8) is 0 Å². The summed E-state index contributed by atoms with van der Waals surface area (Å²) < 4.78 is 5.49. The third kappa shape index (κ3) is 3.17. The van der Waals surface area contributed by atoms with Crippen LogP contribution in [0.4, 0.5) is 0 Å². The molecular weight excluding hydrogens is 330 g/mol. The molecule has 3 aromatic rings. The number of thiophene rings is 1. The molecule has 0 spiro atoms. The highest BCUT2D eigenvalue weighted by Gasteiger charge is 2.28. The molecule has 1 atom stereocenters. The van der Waals surface area contributed by atoms with Crippen LogP contribution in [0.5, 0.6) is 0 Å². The number of benzene rings is 1. The number of nitrogens with zero attached hydrogens (tertiary/aromatic N) is 3. The summed E-state index contributed by atoms with van der Waals surface area (Å²) in [6.45, 7) is 2.81. The van der Waals surface area contributed by atoms with Gasteiger partial charge in [0.2, 0.25) is 11.7 Å². The lowest BCUT2D eigenvalue weighted by atomic mass is 10.1. The number of rotatable bonds is 4. The van der Waals surface area contributed by atoms with Gasteiger partial charge in [0.15, 0.2) is 0 Å². The molecule has 0 aliphatic carbocycles. The van der Waals surface area contributed by atoms with Gasteiger partial charge in [0.05, 0.1) is 10.8 Å². The third-order valence-corrected chi connectivity index (χ3v) is 5.39. The smallest absolute Gasteiger partial charge is 0.231 e. The predicted molar refractivity (Wildman–Crippen MR) is 91.7 cm³/mol. The Bertz CT molecular complexity index is 787. The predicted octanol–water partition coefficient (Wildman–Crippen LogP) is 4.44. The molecule has 1 fully saturated rings. The van der Waals surface area contributed by atoms with Crippen LogP contribution < -0.4 is 0 Å². The maximum atomic E-state index is 6.25. The van der Waals surface area contributed by atoms with Crippen molar-refractivity contribution in [2.75, 3.05) is 13.1 Å². The van der Waals surface area contributed by atoms with Crippen LogP contribution in [0.2, 0.25) is 5.02 Å². The summed E-state index contributed by atoms with van der Waals surface area (Å²) in [6.07, 6.45) is 1.04. The molecule has 4 nitrogen and oxygen atoms in total. The average Bonchev–Trinajstić information content (AvgIpc) is 3.30. The van der Waals surface area contributed by atoms with E-state index in [0.29, 0.717) is 11.7 Å². The van der Waals surface area contributed by atoms with Gasteiger partial charge in [-0.25, -0.2) is 0 Å². The van der Waals surface area contributed by atoms with Gasteiger partial charge in [-0.2, -0.15) is 4.98 Å². The van der Waals surface area contributed by atoms with Gasteiger partial charge in [-0.1, -0.05) is 41.0 Å². The van der Waals surface area contributed by atoms with Crippen LogP contribution in [-0.2, 0) is 6.54 Å². The zero-order valence-electron chi connectivity index (χ0n) is 12.5. The Morgan fingerprint density at radius 1 is 1.26 bits per heavy atom. The highest BCUT2D eigenvalue weighted by Crippen LogP contribution is 2.30. The molecule has 118 valence electrons. The molecule has 1 aliphatic heterocycles. The molecule has 0 saturated carbocycles. The Hall–Kier alpha value is -1.69. The molecule has 2 aromatic heterocycles. The van der Waals surface area contributed by atoms with Crippen molar-refractivity contribution in [3.8, 4) is 10.7 Å². The molecule has 3 heterocycles. The standard InChI is InChI=1S/C17H16ClN3OS/c18-14-5-2-1-4-12(14)10-21-8-7-13(11-21)17-19-16(20-22-17)15-6-3-9-23-15/h1-6,9,13H,7-8,10-11H2/t13-/m0/s1. The quantitative estimate of drug-likeness (QED) is 0.701. The zero-order valence-corrected chi connectivity index (χ0v) is 14.1. The summed E-state index contributed by atoms with van der Waals surface area (Å²) in [5, 5.41) is 6.96. The topological polar surface area (TPSA) is 42.2 Å². The van der Waals surface area contributed by atoms with Crippen molar-refractivity contribution < 1.29 is 4.52 Å². The second-order valence-electron chi connectivity index (χ2n) is 5.75. The van der Waals surface area contributed by atoms with E-state index in [-0.39, 0.29) is 0 Å². The van der Waals surface area contributed by atoms with Gasteiger partial charge in [-0.3, -0.25) is 4.90 Å².